The molecule has 3 fully saturated rings. The summed E-state index contributed by atoms with van der Waals surface area (Å²) in [6.45, 7) is 7.99. The number of carbonyl (C=O) groups excluding carboxylic acids is 3. The molecule has 0 N–H and O–H groups in total. The first-order valence-corrected chi connectivity index (χ1v) is 9.14. The SMILES string of the molecule is C=C(C)OC(=O)N1CCC(N2CCCC3(CC(=O)N(OC)C3=O)C2)CC1. The monoisotopic (exact) mass is 365 g/mol. The number of ether oxygens (including phenoxy) is 1. The standard InChI is InChI=1S/C18H27N3O5/c1-13(2)26-17(24)19-9-5-14(6-10-19)20-8-4-7-18(12-20)11-15(22)21(25-3)16(18)23/h14H,1,4-12H2,2-3H3. The third-order valence-corrected chi connectivity index (χ3v) is 5.64. The van der Waals surface area contributed by atoms with Crippen LogP contribution in [0.1, 0.15) is 39.0 Å². The summed E-state index contributed by atoms with van der Waals surface area (Å²) in [6.07, 6.45) is 3.14. The lowest BCUT2D eigenvalue weighted by Gasteiger charge is -2.44. The van der Waals surface area contributed by atoms with Gasteiger partial charge in [0.1, 0.15) is 0 Å². The third-order valence-electron chi connectivity index (χ3n) is 5.64. The molecule has 3 amide bonds. The first-order valence-electron chi connectivity index (χ1n) is 9.14. The molecule has 0 aromatic heterocycles. The van der Waals surface area contributed by atoms with Crippen molar-refractivity contribution in [2.24, 2.45) is 5.41 Å². The van der Waals surface area contributed by atoms with Gasteiger partial charge in [-0.05, 0) is 39.2 Å². The maximum Gasteiger partial charge on any atom is 0.414 e. The first kappa shape index (κ1) is 18.8. The van der Waals surface area contributed by atoms with E-state index in [0.717, 1.165) is 37.3 Å². The number of likely N-dealkylation sites (tertiary alicyclic amines) is 2. The van der Waals surface area contributed by atoms with Gasteiger partial charge in [0.05, 0.1) is 18.3 Å². The zero-order valence-corrected chi connectivity index (χ0v) is 15.5. The van der Waals surface area contributed by atoms with Crippen LogP contribution in [-0.4, -0.2) is 72.1 Å². The molecule has 0 saturated carbocycles. The molecule has 3 heterocycles. The quantitative estimate of drug-likeness (QED) is 0.557. The number of piperidine rings is 2. The summed E-state index contributed by atoms with van der Waals surface area (Å²) in [5.74, 6) is -0.0731. The number of hydrogen-bond acceptors (Lipinski definition) is 6. The molecule has 0 aliphatic carbocycles. The van der Waals surface area contributed by atoms with E-state index in [1.807, 2.05) is 0 Å². The van der Waals surface area contributed by atoms with Crippen LogP contribution in [0.4, 0.5) is 4.79 Å². The molecule has 3 aliphatic rings. The minimum absolute atomic E-state index is 0.211. The summed E-state index contributed by atoms with van der Waals surface area (Å²) < 4.78 is 5.07. The van der Waals surface area contributed by atoms with Gasteiger partial charge in [0.2, 0.25) is 0 Å². The van der Waals surface area contributed by atoms with Crippen molar-refractivity contribution in [1.82, 2.24) is 14.9 Å². The summed E-state index contributed by atoms with van der Waals surface area (Å²) in [4.78, 5) is 45.7. The number of allylic oxidation sites excluding steroid dienone is 1. The van der Waals surface area contributed by atoms with E-state index < -0.39 is 5.41 Å². The van der Waals surface area contributed by atoms with Gasteiger partial charge < -0.3 is 9.64 Å². The van der Waals surface area contributed by atoms with E-state index in [-0.39, 0.29) is 24.3 Å². The molecule has 1 atom stereocenters. The molecular weight excluding hydrogens is 338 g/mol. The summed E-state index contributed by atoms with van der Waals surface area (Å²) >= 11 is 0. The van der Waals surface area contributed by atoms with Gasteiger partial charge in [-0.25, -0.2) is 4.79 Å². The molecular formula is C18H27N3O5. The Kier molecular flexibility index (Phi) is 5.34. The van der Waals surface area contributed by atoms with Crippen molar-refractivity contribution < 1.29 is 24.0 Å². The Bertz CT molecular complexity index is 614. The molecule has 1 spiro atoms. The lowest BCUT2D eigenvalue weighted by Crippen LogP contribution is -2.54. The van der Waals surface area contributed by atoms with Crippen LogP contribution in [0.5, 0.6) is 0 Å². The number of rotatable bonds is 3. The van der Waals surface area contributed by atoms with Gasteiger partial charge in [-0.1, -0.05) is 6.58 Å². The Morgan fingerprint density at radius 3 is 2.50 bits per heavy atom. The average Bonchev–Trinajstić information content (AvgIpc) is 2.83. The van der Waals surface area contributed by atoms with Crippen LogP contribution < -0.4 is 0 Å². The van der Waals surface area contributed by atoms with E-state index in [4.69, 9.17) is 9.57 Å². The van der Waals surface area contributed by atoms with E-state index in [0.29, 0.717) is 31.4 Å². The second-order valence-electron chi connectivity index (χ2n) is 7.50. The Hall–Kier alpha value is -1.93. The van der Waals surface area contributed by atoms with Gasteiger partial charge in [0.25, 0.3) is 11.8 Å². The molecule has 26 heavy (non-hydrogen) atoms. The van der Waals surface area contributed by atoms with Gasteiger partial charge in [-0.3, -0.25) is 19.3 Å². The number of amides is 3. The first-order chi connectivity index (χ1) is 12.4. The van der Waals surface area contributed by atoms with Crippen molar-refractivity contribution in [2.75, 3.05) is 33.3 Å². The number of hydrogen-bond donors (Lipinski definition) is 0. The Morgan fingerprint density at radius 1 is 1.23 bits per heavy atom. The molecule has 3 saturated heterocycles. The number of hydroxylamine groups is 2. The fourth-order valence-corrected chi connectivity index (χ4v) is 4.38. The minimum Gasteiger partial charge on any atom is -0.416 e. The van der Waals surface area contributed by atoms with E-state index in [1.54, 1.807) is 11.8 Å². The molecule has 144 valence electrons. The predicted molar refractivity (Wildman–Crippen MR) is 92.6 cm³/mol. The van der Waals surface area contributed by atoms with Gasteiger partial charge >= 0.3 is 6.09 Å². The molecule has 0 radical (unpaired) electrons. The van der Waals surface area contributed by atoms with Crippen LogP contribution in [0, 0.1) is 5.41 Å². The van der Waals surface area contributed by atoms with E-state index in [9.17, 15) is 14.4 Å². The Balaban J connectivity index is 1.60. The number of carbonyl (C=O) groups is 3. The molecule has 0 aromatic carbocycles. The Labute approximate surface area is 153 Å². The minimum atomic E-state index is -0.651. The van der Waals surface area contributed by atoms with Crippen LogP contribution in [0.25, 0.3) is 0 Å². The molecule has 0 bridgehead atoms. The van der Waals surface area contributed by atoms with Gasteiger partial charge in [-0.2, -0.15) is 5.06 Å². The second kappa shape index (κ2) is 7.36. The maximum absolute atomic E-state index is 12.7. The molecule has 8 nitrogen and oxygen atoms in total. The van der Waals surface area contributed by atoms with Crippen LogP contribution >= 0.6 is 0 Å². The highest BCUT2D eigenvalue weighted by Crippen LogP contribution is 2.42. The predicted octanol–water partition coefficient (Wildman–Crippen LogP) is 1.52. The van der Waals surface area contributed by atoms with Crippen molar-refractivity contribution in [3.05, 3.63) is 12.3 Å². The van der Waals surface area contributed by atoms with E-state index in [2.05, 4.69) is 11.5 Å². The average molecular weight is 365 g/mol. The maximum atomic E-state index is 12.7. The topological polar surface area (TPSA) is 79.4 Å². The highest BCUT2D eigenvalue weighted by atomic mass is 16.7. The van der Waals surface area contributed by atoms with Crippen LogP contribution in [0.2, 0.25) is 0 Å². The summed E-state index contributed by atoms with van der Waals surface area (Å²) in [6, 6.07) is 0.306. The van der Waals surface area contributed by atoms with Crippen LogP contribution in [0.15, 0.2) is 12.3 Å². The van der Waals surface area contributed by atoms with Gasteiger partial charge in [0.15, 0.2) is 0 Å². The zero-order chi connectivity index (χ0) is 18.9. The molecule has 8 heteroatoms. The van der Waals surface area contributed by atoms with E-state index >= 15 is 0 Å². The van der Waals surface area contributed by atoms with Gasteiger partial charge in [-0.15, -0.1) is 0 Å². The normalized spacial score (nSPS) is 28.1. The second-order valence-corrected chi connectivity index (χ2v) is 7.50. The van der Waals surface area contributed by atoms with Crippen LogP contribution in [0.3, 0.4) is 0 Å². The third kappa shape index (κ3) is 3.48. The molecule has 0 aromatic rings. The van der Waals surface area contributed by atoms with Gasteiger partial charge in [0, 0.05) is 32.1 Å². The van der Waals surface area contributed by atoms with Crippen molar-refractivity contribution in [3.63, 3.8) is 0 Å². The lowest BCUT2D eigenvalue weighted by atomic mass is 9.77. The number of nitrogens with zero attached hydrogens (tertiary/aromatic N) is 3. The lowest BCUT2D eigenvalue weighted by molar-refractivity contribution is -0.183. The smallest absolute Gasteiger partial charge is 0.414 e. The Morgan fingerprint density at radius 2 is 1.92 bits per heavy atom. The zero-order valence-electron chi connectivity index (χ0n) is 15.5. The summed E-state index contributed by atoms with van der Waals surface area (Å²) in [7, 11) is 1.36. The highest BCUT2D eigenvalue weighted by Gasteiger charge is 2.54. The molecule has 3 aliphatic heterocycles. The van der Waals surface area contributed by atoms with Crippen molar-refractivity contribution in [2.45, 2.75) is 45.1 Å². The summed E-state index contributed by atoms with van der Waals surface area (Å²) in [5.41, 5.74) is -0.651. The largest absolute Gasteiger partial charge is 0.416 e. The fraction of sp³-hybridized carbons (Fsp3) is 0.722. The molecule has 1 unspecified atom stereocenters. The highest BCUT2D eigenvalue weighted by molar-refractivity contribution is 6.05. The van der Waals surface area contributed by atoms with Crippen molar-refractivity contribution in [1.29, 1.82) is 0 Å². The van der Waals surface area contributed by atoms with Crippen LogP contribution in [-0.2, 0) is 19.2 Å². The van der Waals surface area contributed by atoms with E-state index in [1.165, 1.54) is 7.11 Å². The van der Waals surface area contributed by atoms with Crippen molar-refractivity contribution >= 4 is 17.9 Å². The number of imide groups is 1. The fourth-order valence-electron chi connectivity index (χ4n) is 4.38. The summed E-state index contributed by atoms with van der Waals surface area (Å²) in [5, 5.41) is 0.916. The van der Waals surface area contributed by atoms with Crippen molar-refractivity contribution in [3.8, 4) is 0 Å². The molecule has 3 rings (SSSR count).